The van der Waals surface area contributed by atoms with Crippen molar-refractivity contribution in [3.05, 3.63) is 118 Å². The third-order valence-electron chi connectivity index (χ3n) is 7.94. The van der Waals surface area contributed by atoms with Gasteiger partial charge in [0.25, 0.3) is 5.69 Å². The number of nitro groups is 1. The summed E-state index contributed by atoms with van der Waals surface area (Å²) in [6, 6.07) is 27.2. The Morgan fingerprint density at radius 3 is 2.39 bits per heavy atom. The fourth-order valence-corrected chi connectivity index (χ4v) is 5.65. The monoisotopic (exact) mass is 593 g/mol. The Morgan fingerprint density at radius 2 is 1.64 bits per heavy atom. The number of hydrogen-bond donors (Lipinski definition) is 2. The summed E-state index contributed by atoms with van der Waals surface area (Å²) in [5.74, 6) is -0.651. The van der Waals surface area contributed by atoms with Crippen LogP contribution in [-0.4, -0.2) is 57.7 Å². The Kier molecular flexibility index (Phi) is 9.49. The molecule has 226 valence electrons. The Hall–Kier alpha value is -5.25. The summed E-state index contributed by atoms with van der Waals surface area (Å²) in [5.41, 5.74) is 1.69. The molecule has 0 radical (unpaired) electrons. The van der Waals surface area contributed by atoms with E-state index in [4.69, 9.17) is 0 Å². The summed E-state index contributed by atoms with van der Waals surface area (Å²) in [4.78, 5) is 55.0. The van der Waals surface area contributed by atoms with Crippen LogP contribution in [-0.2, 0) is 22.6 Å². The molecule has 0 aromatic heterocycles. The number of nitrogens with zero attached hydrogens (tertiary/aromatic N) is 3. The minimum atomic E-state index is -0.868. The molecule has 4 aromatic rings. The number of hydrogen-bond acceptors (Lipinski definition) is 5. The SMILES string of the molecule is CCN(Cc1ccccc1)C(=O)[C@@H](Cc1ccc2ccccc2c1)NC(=O)[C@@H]1CCCN1C(=O)Nc1ccccc1[N+](=O)[O-]. The summed E-state index contributed by atoms with van der Waals surface area (Å²) in [7, 11) is 0. The van der Waals surface area contributed by atoms with Crippen LogP contribution >= 0.6 is 0 Å². The summed E-state index contributed by atoms with van der Waals surface area (Å²) >= 11 is 0. The van der Waals surface area contributed by atoms with Gasteiger partial charge < -0.3 is 20.4 Å². The van der Waals surface area contributed by atoms with Crippen LogP contribution in [0.4, 0.5) is 16.2 Å². The number of urea groups is 1. The van der Waals surface area contributed by atoms with E-state index in [1.807, 2.05) is 79.7 Å². The maximum absolute atomic E-state index is 14.0. The number of rotatable bonds is 10. The molecule has 10 heteroatoms. The largest absolute Gasteiger partial charge is 0.342 e. The molecule has 4 aromatic carbocycles. The number of carbonyl (C=O) groups excluding carboxylic acids is 3. The van der Waals surface area contributed by atoms with Gasteiger partial charge in [-0.2, -0.15) is 0 Å². The van der Waals surface area contributed by atoms with Crippen molar-refractivity contribution < 1.29 is 19.3 Å². The molecule has 0 saturated carbocycles. The van der Waals surface area contributed by atoms with Crippen LogP contribution in [0, 0.1) is 10.1 Å². The topological polar surface area (TPSA) is 125 Å². The van der Waals surface area contributed by atoms with E-state index >= 15 is 0 Å². The lowest BCUT2D eigenvalue weighted by atomic mass is 10.00. The standard InChI is InChI=1S/C34H35N5O5/c1-2-37(23-24-11-4-3-5-12-24)33(41)29(22-25-18-19-26-13-6-7-14-27(26)21-25)35-32(40)31-17-10-20-38(31)34(42)36-28-15-8-9-16-30(28)39(43)44/h3-9,11-16,18-19,21,29,31H,2,10,17,20,22-23H2,1H3,(H,35,40)(H,36,42)/t29-,31+/m1/s1. The molecule has 1 aliphatic heterocycles. The number of anilines is 1. The molecule has 0 unspecified atom stereocenters. The van der Waals surface area contributed by atoms with Crippen LogP contribution < -0.4 is 10.6 Å². The molecule has 1 heterocycles. The molecule has 0 spiro atoms. The van der Waals surface area contributed by atoms with Gasteiger partial charge in [-0.1, -0.05) is 84.9 Å². The van der Waals surface area contributed by atoms with Gasteiger partial charge in [-0.25, -0.2) is 4.79 Å². The van der Waals surface area contributed by atoms with Crippen LogP contribution in [0.1, 0.15) is 30.9 Å². The second kappa shape index (κ2) is 13.8. The molecule has 44 heavy (non-hydrogen) atoms. The van der Waals surface area contributed by atoms with Crippen molar-refractivity contribution in [2.75, 3.05) is 18.4 Å². The highest BCUT2D eigenvalue weighted by Gasteiger charge is 2.37. The van der Waals surface area contributed by atoms with Gasteiger partial charge in [0.05, 0.1) is 4.92 Å². The number of likely N-dealkylation sites (tertiary alicyclic amines) is 1. The first-order valence-electron chi connectivity index (χ1n) is 14.8. The second-order valence-electron chi connectivity index (χ2n) is 10.8. The quantitative estimate of drug-likeness (QED) is 0.185. The maximum Gasteiger partial charge on any atom is 0.322 e. The summed E-state index contributed by atoms with van der Waals surface area (Å²) < 4.78 is 0. The van der Waals surface area contributed by atoms with Crippen LogP contribution in [0.15, 0.2) is 97.1 Å². The molecule has 10 nitrogen and oxygen atoms in total. The zero-order valence-electron chi connectivity index (χ0n) is 24.5. The zero-order valence-corrected chi connectivity index (χ0v) is 24.5. The van der Waals surface area contributed by atoms with E-state index < -0.39 is 28.9 Å². The Balaban J connectivity index is 1.36. The van der Waals surface area contributed by atoms with E-state index in [-0.39, 0.29) is 23.7 Å². The second-order valence-corrected chi connectivity index (χ2v) is 10.8. The predicted octanol–water partition coefficient (Wildman–Crippen LogP) is 5.52. The molecule has 1 aliphatic rings. The molecule has 0 aliphatic carbocycles. The lowest BCUT2D eigenvalue weighted by Gasteiger charge is -2.30. The molecule has 2 atom stereocenters. The molecule has 0 bridgehead atoms. The third-order valence-corrected chi connectivity index (χ3v) is 7.94. The van der Waals surface area contributed by atoms with Crippen LogP contribution in [0.2, 0.25) is 0 Å². The number of benzene rings is 4. The van der Waals surface area contributed by atoms with Gasteiger partial charge in [-0.15, -0.1) is 0 Å². The molecule has 2 N–H and O–H groups in total. The number of carbonyl (C=O) groups is 3. The van der Waals surface area contributed by atoms with Gasteiger partial charge in [-0.05, 0) is 47.7 Å². The average molecular weight is 594 g/mol. The Labute approximate surface area is 255 Å². The molecule has 5 rings (SSSR count). The lowest BCUT2D eigenvalue weighted by Crippen LogP contribution is -2.55. The summed E-state index contributed by atoms with van der Waals surface area (Å²) in [6.45, 7) is 3.06. The Morgan fingerprint density at radius 1 is 0.932 bits per heavy atom. The van der Waals surface area contributed by atoms with Gasteiger partial charge in [0.1, 0.15) is 17.8 Å². The molecular weight excluding hydrogens is 558 g/mol. The summed E-state index contributed by atoms with van der Waals surface area (Å²) in [6.07, 6.45) is 1.27. The minimum absolute atomic E-state index is 0.0532. The molecule has 1 fully saturated rings. The fraction of sp³-hybridized carbons (Fsp3) is 0.265. The first kappa shape index (κ1) is 30.2. The first-order chi connectivity index (χ1) is 21.3. The van der Waals surface area contributed by atoms with E-state index in [0.717, 1.165) is 21.9 Å². The number of fused-ring (bicyclic) bond motifs is 1. The average Bonchev–Trinajstić information content (AvgIpc) is 3.54. The number of likely N-dealkylation sites (N-methyl/N-ethyl adjacent to an activating group) is 1. The van der Waals surface area contributed by atoms with Crippen molar-refractivity contribution in [1.29, 1.82) is 0 Å². The van der Waals surface area contributed by atoms with Crippen LogP contribution in [0.3, 0.4) is 0 Å². The number of nitrogens with one attached hydrogen (secondary N) is 2. The normalized spacial score (nSPS) is 15.0. The van der Waals surface area contributed by atoms with Crippen LogP contribution in [0.25, 0.3) is 10.8 Å². The summed E-state index contributed by atoms with van der Waals surface area (Å²) in [5, 5.41) is 19.1. The van der Waals surface area contributed by atoms with E-state index in [2.05, 4.69) is 10.6 Å². The van der Waals surface area contributed by atoms with Gasteiger partial charge in [0.15, 0.2) is 0 Å². The van der Waals surface area contributed by atoms with Crippen molar-refractivity contribution in [2.24, 2.45) is 0 Å². The third kappa shape index (κ3) is 7.03. The highest BCUT2D eigenvalue weighted by molar-refractivity contribution is 5.97. The van der Waals surface area contributed by atoms with Crippen molar-refractivity contribution >= 4 is 40.0 Å². The van der Waals surface area contributed by atoms with E-state index in [9.17, 15) is 24.5 Å². The predicted molar refractivity (Wildman–Crippen MR) is 169 cm³/mol. The molecular formula is C34H35N5O5. The highest BCUT2D eigenvalue weighted by Crippen LogP contribution is 2.26. The number of nitro benzene ring substituents is 1. The minimum Gasteiger partial charge on any atom is -0.342 e. The van der Waals surface area contributed by atoms with E-state index in [1.54, 1.807) is 11.0 Å². The van der Waals surface area contributed by atoms with E-state index in [0.29, 0.717) is 32.5 Å². The highest BCUT2D eigenvalue weighted by atomic mass is 16.6. The smallest absolute Gasteiger partial charge is 0.322 e. The van der Waals surface area contributed by atoms with Crippen molar-refractivity contribution in [3.8, 4) is 0 Å². The first-order valence-corrected chi connectivity index (χ1v) is 14.8. The van der Waals surface area contributed by atoms with Gasteiger partial charge >= 0.3 is 6.03 Å². The zero-order chi connectivity index (χ0) is 31.1. The van der Waals surface area contributed by atoms with Gasteiger partial charge in [0.2, 0.25) is 11.8 Å². The number of amides is 4. The maximum atomic E-state index is 14.0. The van der Waals surface area contributed by atoms with E-state index in [1.165, 1.54) is 23.1 Å². The van der Waals surface area contributed by atoms with Crippen molar-refractivity contribution in [2.45, 2.75) is 44.8 Å². The number of para-hydroxylation sites is 2. The van der Waals surface area contributed by atoms with Gasteiger partial charge in [0, 0.05) is 32.1 Å². The lowest BCUT2D eigenvalue weighted by molar-refractivity contribution is -0.383. The van der Waals surface area contributed by atoms with Crippen LogP contribution in [0.5, 0.6) is 0 Å². The Bertz CT molecular complexity index is 1660. The van der Waals surface area contributed by atoms with Crippen molar-refractivity contribution in [3.63, 3.8) is 0 Å². The van der Waals surface area contributed by atoms with Crippen molar-refractivity contribution in [1.82, 2.24) is 15.1 Å². The van der Waals surface area contributed by atoms with Gasteiger partial charge in [-0.3, -0.25) is 19.7 Å². The fourth-order valence-electron chi connectivity index (χ4n) is 5.65. The molecule has 4 amide bonds. The molecule has 1 saturated heterocycles.